The van der Waals surface area contributed by atoms with E-state index in [-0.39, 0.29) is 17.9 Å². The second-order valence-electron chi connectivity index (χ2n) is 9.24. The van der Waals surface area contributed by atoms with Crippen LogP contribution in [-0.2, 0) is 19.7 Å². The van der Waals surface area contributed by atoms with E-state index in [1.165, 1.54) is 7.11 Å². The van der Waals surface area contributed by atoms with Crippen LogP contribution in [0.5, 0.6) is 11.5 Å². The van der Waals surface area contributed by atoms with E-state index in [2.05, 4.69) is 17.1 Å². The number of hydrogen-bond donors (Lipinski definition) is 1. The molecule has 1 spiro atoms. The van der Waals surface area contributed by atoms with E-state index in [0.29, 0.717) is 41.9 Å². The summed E-state index contributed by atoms with van der Waals surface area (Å²) in [5, 5.41) is 3.08. The predicted octanol–water partition coefficient (Wildman–Crippen LogP) is 2.58. The molecule has 1 aliphatic carbocycles. The van der Waals surface area contributed by atoms with Gasteiger partial charge in [-0.05, 0) is 49.3 Å². The number of piperidine rings is 3. The quantitative estimate of drug-likeness (QED) is 0.763. The number of amides is 1. The van der Waals surface area contributed by atoms with Crippen LogP contribution in [0.1, 0.15) is 38.2 Å². The number of nitrogens with zero attached hydrogens (tertiary/aromatic N) is 1. The lowest BCUT2D eigenvalue weighted by molar-refractivity contribution is -0.204. The van der Waals surface area contributed by atoms with E-state index >= 15 is 0 Å². The third kappa shape index (κ3) is 2.14. The van der Waals surface area contributed by atoms with Crippen molar-refractivity contribution in [3.05, 3.63) is 17.7 Å². The summed E-state index contributed by atoms with van der Waals surface area (Å²) in [5.41, 5.74) is -0.291. The molecule has 0 aromatic heterocycles. The molecule has 4 aliphatic heterocycles. The van der Waals surface area contributed by atoms with E-state index in [9.17, 15) is 9.59 Å². The largest absolute Gasteiger partial charge is 0.493 e. The van der Waals surface area contributed by atoms with Gasteiger partial charge in [-0.3, -0.25) is 14.5 Å². The number of rotatable bonds is 4. The fourth-order valence-corrected chi connectivity index (χ4v) is 7.33. The molecular weight excluding hydrogens is 384 g/mol. The maximum atomic E-state index is 13.8. The molecule has 0 radical (unpaired) electrons. The minimum absolute atomic E-state index is 0.0125. The highest BCUT2D eigenvalue weighted by molar-refractivity contribution is 6.10. The fourth-order valence-electron chi connectivity index (χ4n) is 7.33. The number of benzene rings is 1. The van der Waals surface area contributed by atoms with Gasteiger partial charge in [0.25, 0.3) is 0 Å². The Morgan fingerprint density at radius 1 is 1.23 bits per heavy atom. The van der Waals surface area contributed by atoms with Crippen LogP contribution in [0.3, 0.4) is 0 Å². The summed E-state index contributed by atoms with van der Waals surface area (Å²) in [7, 11) is 4.63. The highest BCUT2D eigenvalue weighted by Gasteiger charge is 2.75. The zero-order valence-electron chi connectivity index (χ0n) is 18.1. The van der Waals surface area contributed by atoms with Gasteiger partial charge in [-0.15, -0.1) is 0 Å². The summed E-state index contributed by atoms with van der Waals surface area (Å²) in [6.07, 6.45) is 3.40. The number of methoxy groups -OCH3 is 3. The lowest BCUT2D eigenvalue weighted by Crippen LogP contribution is -2.76. The Kier molecular flexibility index (Phi) is 4.33. The van der Waals surface area contributed by atoms with Gasteiger partial charge in [0, 0.05) is 24.3 Å². The minimum atomic E-state index is -0.956. The smallest absolute Gasteiger partial charge is 0.314 e. The Morgan fingerprint density at radius 3 is 2.63 bits per heavy atom. The van der Waals surface area contributed by atoms with Crippen molar-refractivity contribution in [3.8, 4) is 11.5 Å². The maximum Gasteiger partial charge on any atom is 0.314 e. The van der Waals surface area contributed by atoms with Crippen molar-refractivity contribution >= 4 is 17.6 Å². The molecule has 4 heterocycles. The summed E-state index contributed by atoms with van der Waals surface area (Å²) >= 11 is 0. The van der Waals surface area contributed by atoms with Gasteiger partial charge in [0.2, 0.25) is 5.91 Å². The van der Waals surface area contributed by atoms with E-state index < -0.39 is 10.8 Å². The normalized spacial score (nSPS) is 38.2. The van der Waals surface area contributed by atoms with E-state index in [4.69, 9.17) is 14.2 Å². The number of fused-ring (bicyclic) bond motifs is 3. The summed E-state index contributed by atoms with van der Waals surface area (Å²) in [6, 6.07) is 3.73. The SMILES string of the molecule is CCC1CC2CN3CC[C@@]4(C(=O)Nc5cc(OC)c(OC)cc54)[C@](C(=O)OC)(C2)[C@H]13. The molecule has 7 heteroatoms. The molecule has 1 amide bonds. The van der Waals surface area contributed by atoms with Crippen molar-refractivity contribution in [3.63, 3.8) is 0 Å². The monoisotopic (exact) mass is 414 g/mol. The molecule has 3 unspecified atom stereocenters. The van der Waals surface area contributed by atoms with Gasteiger partial charge in [-0.25, -0.2) is 0 Å². The first-order valence-electron chi connectivity index (χ1n) is 10.9. The lowest BCUT2D eigenvalue weighted by Gasteiger charge is -2.66. The van der Waals surface area contributed by atoms with E-state index in [1.807, 2.05) is 12.1 Å². The van der Waals surface area contributed by atoms with Crippen molar-refractivity contribution in [2.24, 2.45) is 17.3 Å². The summed E-state index contributed by atoms with van der Waals surface area (Å²) in [4.78, 5) is 29.9. The van der Waals surface area contributed by atoms with Crippen LogP contribution in [0, 0.1) is 17.3 Å². The predicted molar refractivity (Wildman–Crippen MR) is 111 cm³/mol. The Balaban J connectivity index is 1.78. The van der Waals surface area contributed by atoms with Gasteiger partial charge in [-0.2, -0.15) is 0 Å². The number of carbonyl (C=O) groups is 2. The molecule has 4 fully saturated rings. The Labute approximate surface area is 177 Å². The van der Waals surface area contributed by atoms with Crippen LogP contribution >= 0.6 is 0 Å². The average molecular weight is 415 g/mol. The molecule has 1 saturated carbocycles. The molecule has 6 rings (SSSR count). The number of anilines is 1. The lowest BCUT2D eigenvalue weighted by atomic mass is 9.44. The van der Waals surface area contributed by atoms with Gasteiger partial charge in [-0.1, -0.05) is 13.3 Å². The molecule has 5 aliphatic rings. The Morgan fingerprint density at radius 2 is 1.97 bits per heavy atom. The second-order valence-corrected chi connectivity index (χ2v) is 9.24. The van der Waals surface area contributed by atoms with Gasteiger partial charge in [0.05, 0.1) is 26.7 Å². The van der Waals surface area contributed by atoms with Crippen LogP contribution in [-0.4, -0.2) is 57.2 Å². The fraction of sp³-hybridized carbons (Fsp3) is 0.652. The van der Waals surface area contributed by atoms with Crippen LogP contribution in [0.2, 0.25) is 0 Å². The molecule has 1 aromatic carbocycles. The van der Waals surface area contributed by atoms with Crippen LogP contribution in [0.15, 0.2) is 12.1 Å². The number of hydrogen-bond acceptors (Lipinski definition) is 6. The molecule has 162 valence electrons. The molecule has 6 atom stereocenters. The van der Waals surface area contributed by atoms with Gasteiger partial charge in [0.15, 0.2) is 11.5 Å². The molecular formula is C23H30N2O5. The van der Waals surface area contributed by atoms with Crippen molar-refractivity contribution in [2.45, 2.75) is 44.1 Å². The highest BCUT2D eigenvalue weighted by Crippen LogP contribution is 2.66. The molecule has 1 N–H and O–H groups in total. The zero-order chi connectivity index (χ0) is 21.3. The number of carbonyl (C=O) groups excluding carboxylic acids is 2. The Hall–Kier alpha value is -2.28. The first kappa shape index (κ1) is 19.7. The topological polar surface area (TPSA) is 77.1 Å². The average Bonchev–Trinajstić information content (AvgIpc) is 3.05. The van der Waals surface area contributed by atoms with Gasteiger partial charge < -0.3 is 19.5 Å². The number of ether oxygens (including phenoxy) is 3. The van der Waals surface area contributed by atoms with Crippen LogP contribution in [0.4, 0.5) is 5.69 Å². The molecule has 4 bridgehead atoms. The molecule has 3 saturated heterocycles. The summed E-state index contributed by atoms with van der Waals surface area (Å²) in [6.45, 7) is 4.00. The standard InChI is InChI=1S/C23H30N2O5/c1-5-14-8-13-11-23(21(27)30-4)19(14)25(12-13)7-6-22(23)15-9-17(28-2)18(29-3)10-16(15)24-20(22)26/h9-10,13-14,19H,5-8,11-12H2,1-4H3,(H,24,26)/t13?,14?,19-,22+,23+/m0/s1. The highest BCUT2D eigenvalue weighted by atomic mass is 16.5. The van der Waals surface area contributed by atoms with Gasteiger partial charge >= 0.3 is 5.97 Å². The number of nitrogens with one attached hydrogen (secondary N) is 1. The minimum Gasteiger partial charge on any atom is -0.493 e. The summed E-state index contributed by atoms with van der Waals surface area (Å²) in [5.74, 6) is 1.56. The van der Waals surface area contributed by atoms with Crippen LogP contribution < -0.4 is 14.8 Å². The van der Waals surface area contributed by atoms with Crippen molar-refractivity contribution in [2.75, 3.05) is 39.7 Å². The number of esters is 1. The molecule has 30 heavy (non-hydrogen) atoms. The third-order valence-corrected chi connectivity index (χ3v) is 8.31. The first-order chi connectivity index (χ1) is 14.5. The van der Waals surface area contributed by atoms with Crippen molar-refractivity contribution < 1.29 is 23.8 Å². The Bertz CT molecular complexity index is 909. The van der Waals surface area contributed by atoms with Crippen LogP contribution in [0.25, 0.3) is 0 Å². The van der Waals surface area contributed by atoms with Gasteiger partial charge in [0.1, 0.15) is 5.41 Å². The maximum absolute atomic E-state index is 13.8. The zero-order valence-corrected chi connectivity index (χ0v) is 18.1. The molecule has 1 aromatic rings. The second kappa shape index (κ2) is 6.61. The van der Waals surface area contributed by atoms with E-state index in [1.54, 1.807) is 14.2 Å². The van der Waals surface area contributed by atoms with Crippen molar-refractivity contribution in [1.82, 2.24) is 4.90 Å². The third-order valence-electron chi connectivity index (χ3n) is 8.31. The first-order valence-corrected chi connectivity index (χ1v) is 10.9. The van der Waals surface area contributed by atoms with E-state index in [0.717, 1.165) is 31.5 Å². The van der Waals surface area contributed by atoms with Crippen molar-refractivity contribution in [1.29, 1.82) is 0 Å². The molecule has 7 nitrogen and oxygen atoms in total. The summed E-state index contributed by atoms with van der Waals surface area (Å²) < 4.78 is 16.5.